The minimum atomic E-state index is -1.68. The Morgan fingerprint density at radius 3 is 1.49 bits per heavy atom. The van der Waals surface area contributed by atoms with Crippen LogP contribution < -0.4 is 43.0 Å². The molecule has 10 N–H and O–H groups in total. The molecule has 21 heteroatoms. The Kier molecular flexibility index (Phi) is 21.5. The lowest BCUT2D eigenvalue weighted by atomic mass is 9.99. The molecule has 8 amide bonds. The fraction of sp³-hybridized carbons (Fsp3) is 0.543. The second kappa shape index (κ2) is 25.5. The Hall–Kier alpha value is -6.44. The van der Waals surface area contributed by atoms with Gasteiger partial charge < -0.3 is 57.5 Å². The molecule has 67 heavy (non-hydrogen) atoms. The number of hydrogen-bond acceptors (Lipinski definition) is 12. The van der Waals surface area contributed by atoms with E-state index >= 15 is 0 Å². The first kappa shape index (κ1) is 56.7. The van der Waals surface area contributed by atoms with E-state index in [9.17, 15) is 48.3 Å². The van der Waals surface area contributed by atoms with Crippen molar-refractivity contribution in [2.75, 3.05) is 6.54 Å². The molecular formula is C46H67ClN8O12. The van der Waals surface area contributed by atoms with Crippen LogP contribution in [0.4, 0.5) is 4.79 Å². The maximum absolute atomic E-state index is 14.3. The van der Waals surface area contributed by atoms with Crippen molar-refractivity contribution in [3.05, 3.63) is 64.7 Å². The SMILES string of the molecule is CC(C)[C@H](NC(=O)[C@H](CC(=O)OC(C)(C)C)NC(=O)[C@H](Cc1ccc(Cl)cc1)NC(=O)[C@@H](C)NC(=O)[C@H](Cc1ccc(O)cc1)NC(=O)OC(C)(C)C)C(=O)N[C@H](C(=O)NCC(N)=O)C(C)C. The van der Waals surface area contributed by atoms with Crippen LogP contribution in [0, 0.1) is 11.8 Å². The van der Waals surface area contributed by atoms with Crippen molar-refractivity contribution in [2.45, 2.75) is 143 Å². The highest BCUT2D eigenvalue weighted by atomic mass is 35.5. The van der Waals surface area contributed by atoms with Crippen LogP contribution in [0.5, 0.6) is 5.75 Å². The van der Waals surface area contributed by atoms with Crippen LogP contribution in [0.3, 0.4) is 0 Å². The zero-order chi connectivity index (χ0) is 51.0. The number of aromatic hydroxyl groups is 1. The largest absolute Gasteiger partial charge is 0.508 e. The van der Waals surface area contributed by atoms with Crippen molar-refractivity contribution in [2.24, 2.45) is 17.6 Å². The average molecular weight is 960 g/mol. The molecule has 20 nitrogen and oxygen atoms in total. The summed E-state index contributed by atoms with van der Waals surface area (Å²) in [5, 5.41) is 27.9. The molecule has 0 spiro atoms. The van der Waals surface area contributed by atoms with Crippen LogP contribution in [-0.2, 0) is 60.7 Å². The van der Waals surface area contributed by atoms with E-state index < -0.39 is 126 Å². The van der Waals surface area contributed by atoms with E-state index in [0.717, 1.165) is 0 Å². The van der Waals surface area contributed by atoms with Crippen molar-refractivity contribution in [1.29, 1.82) is 0 Å². The summed E-state index contributed by atoms with van der Waals surface area (Å²) >= 11 is 6.11. The number of esters is 1. The van der Waals surface area contributed by atoms with Gasteiger partial charge in [-0.3, -0.25) is 38.4 Å². The molecule has 0 radical (unpaired) electrons. The van der Waals surface area contributed by atoms with Crippen molar-refractivity contribution >= 4 is 65.0 Å². The van der Waals surface area contributed by atoms with Crippen LogP contribution in [0.2, 0.25) is 5.02 Å². The van der Waals surface area contributed by atoms with Gasteiger partial charge in [0.05, 0.1) is 13.0 Å². The Balaban J connectivity index is 2.46. The average Bonchev–Trinajstić information content (AvgIpc) is 3.19. The minimum absolute atomic E-state index is 0.0192. The molecule has 0 aliphatic rings. The fourth-order valence-corrected chi connectivity index (χ4v) is 6.28. The summed E-state index contributed by atoms with van der Waals surface area (Å²) in [6.07, 6.45) is -1.86. The molecule has 0 aliphatic heterocycles. The number of phenolic OH excluding ortho intramolecular Hbond substituents is 1. The van der Waals surface area contributed by atoms with Crippen LogP contribution in [0.1, 0.15) is 93.7 Å². The smallest absolute Gasteiger partial charge is 0.408 e. The zero-order valence-electron chi connectivity index (χ0n) is 40.0. The van der Waals surface area contributed by atoms with E-state index in [4.69, 9.17) is 26.8 Å². The van der Waals surface area contributed by atoms with Gasteiger partial charge in [-0.15, -0.1) is 0 Å². The fourth-order valence-electron chi connectivity index (χ4n) is 6.15. The van der Waals surface area contributed by atoms with Gasteiger partial charge in [0, 0.05) is 17.9 Å². The predicted molar refractivity (Wildman–Crippen MR) is 248 cm³/mol. The second-order valence-electron chi connectivity index (χ2n) is 18.7. The summed E-state index contributed by atoms with van der Waals surface area (Å²) in [5.41, 5.74) is 4.33. The molecule has 6 atom stereocenters. The standard InChI is InChI=1S/C46H67ClN8O12/c1-24(2)36(42(63)49-23-34(48)57)55-43(64)37(25(3)4)54-41(62)33(22-35(58)66-45(6,7)8)52-40(61)31(20-27-12-16-29(47)17-13-27)51-38(59)26(5)50-39(60)32(53-44(65)67-46(9,10)11)21-28-14-18-30(56)19-15-28/h12-19,24-26,31-33,36-37,56H,20-23H2,1-11H3,(H2,48,57)(H,49,63)(H,50,60)(H,51,59)(H,52,61)(H,53,65)(H,54,62)(H,55,64)/t26-,31+,32+,33+,36+,37+/m1/s1. The van der Waals surface area contributed by atoms with Crippen LogP contribution in [0.25, 0.3) is 0 Å². The highest BCUT2D eigenvalue weighted by Crippen LogP contribution is 2.16. The van der Waals surface area contributed by atoms with Crippen LogP contribution in [-0.4, -0.2) is 113 Å². The first-order chi connectivity index (χ1) is 30.9. The van der Waals surface area contributed by atoms with E-state index in [0.29, 0.717) is 16.1 Å². The van der Waals surface area contributed by atoms with E-state index in [-0.39, 0.29) is 18.6 Å². The number of rotatable bonds is 22. The van der Waals surface area contributed by atoms with E-state index in [1.54, 1.807) is 106 Å². The van der Waals surface area contributed by atoms with Crippen LogP contribution in [0.15, 0.2) is 48.5 Å². The normalized spacial score (nSPS) is 14.2. The third-order valence-electron chi connectivity index (χ3n) is 9.48. The molecule has 2 rings (SSSR count). The molecule has 0 heterocycles. The number of phenols is 1. The summed E-state index contributed by atoms with van der Waals surface area (Å²) in [7, 11) is 0. The summed E-state index contributed by atoms with van der Waals surface area (Å²) in [5.74, 6) is -7.83. The Morgan fingerprint density at radius 2 is 1.00 bits per heavy atom. The molecule has 2 aromatic rings. The van der Waals surface area contributed by atoms with Crippen molar-refractivity contribution in [1.82, 2.24) is 37.2 Å². The van der Waals surface area contributed by atoms with E-state index in [1.807, 2.05) is 0 Å². The number of halogens is 1. The molecule has 0 aromatic heterocycles. The topological polar surface area (TPSA) is 303 Å². The van der Waals surface area contributed by atoms with Gasteiger partial charge in [-0.25, -0.2) is 4.79 Å². The minimum Gasteiger partial charge on any atom is -0.508 e. The highest BCUT2D eigenvalue weighted by Gasteiger charge is 2.36. The van der Waals surface area contributed by atoms with Crippen molar-refractivity contribution in [3.8, 4) is 5.75 Å². The number of alkyl carbamates (subject to hydrolysis) is 1. The van der Waals surface area contributed by atoms with Gasteiger partial charge in [-0.05, 0) is 95.7 Å². The van der Waals surface area contributed by atoms with Gasteiger partial charge >= 0.3 is 12.1 Å². The Bertz CT molecular complexity index is 2070. The van der Waals surface area contributed by atoms with E-state index in [1.165, 1.54) is 19.1 Å². The van der Waals surface area contributed by atoms with Crippen molar-refractivity contribution in [3.63, 3.8) is 0 Å². The number of primary amides is 1. The summed E-state index contributed by atoms with van der Waals surface area (Å²) < 4.78 is 10.8. The lowest BCUT2D eigenvalue weighted by Gasteiger charge is -2.29. The lowest BCUT2D eigenvalue weighted by molar-refractivity contribution is -0.156. The number of nitrogens with two attached hydrogens (primary N) is 1. The molecule has 370 valence electrons. The quantitative estimate of drug-likeness (QED) is 0.0764. The number of benzene rings is 2. The molecule has 0 unspecified atom stereocenters. The first-order valence-electron chi connectivity index (χ1n) is 21.8. The Labute approximate surface area is 396 Å². The molecule has 0 saturated heterocycles. The monoisotopic (exact) mass is 958 g/mol. The van der Waals surface area contributed by atoms with Crippen molar-refractivity contribution < 1.29 is 57.7 Å². The van der Waals surface area contributed by atoms with Gasteiger partial charge in [-0.1, -0.05) is 63.6 Å². The van der Waals surface area contributed by atoms with Gasteiger partial charge in [-0.2, -0.15) is 0 Å². The van der Waals surface area contributed by atoms with Gasteiger partial charge in [0.25, 0.3) is 0 Å². The Morgan fingerprint density at radius 1 is 0.567 bits per heavy atom. The van der Waals surface area contributed by atoms with Gasteiger partial charge in [0.2, 0.25) is 41.4 Å². The first-order valence-corrected chi connectivity index (χ1v) is 22.1. The summed E-state index contributed by atoms with van der Waals surface area (Å²) in [6, 6.07) is 4.06. The maximum atomic E-state index is 14.3. The summed E-state index contributed by atoms with van der Waals surface area (Å²) in [6.45, 7) is 17.1. The molecule has 2 aromatic carbocycles. The van der Waals surface area contributed by atoms with Gasteiger partial charge in [0.1, 0.15) is 53.2 Å². The molecule has 0 aliphatic carbocycles. The highest BCUT2D eigenvalue weighted by molar-refractivity contribution is 6.30. The number of ether oxygens (including phenoxy) is 2. The second-order valence-corrected chi connectivity index (χ2v) is 19.1. The third kappa shape index (κ3) is 21.2. The number of carbonyl (C=O) groups excluding carboxylic acids is 9. The number of amides is 8. The van der Waals surface area contributed by atoms with Crippen LogP contribution >= 0.6 is 11.6 Å². The molecule has 0 fully saturated rings. The predicted octanol–water partition coefficient (Wildman–Crippen LogP) is 1.81. The maximum Gasteiger partial charge on any atom is 0.408 e. The molecule has 0 bridgehead atoms. The zero-order valence-corrected chi connectivity index (χ0v) is 40.7. The summed E-state index contributed by atoms with van der Waals surface area (Å²) in [4.78, 5) is 120. The third-order valence-corrected chi connectivity index (χ3v) is 9.73. The molecule has 0 saturated carbocycles. The number of carbonyl (C=O) groups is 9. The number of nitrogens with one attached hydrogen (secondary N) is 7. The molecular weight excluding hydrogens is 892 g/mol. The lowest BCUT2D eigenvalue weighted by Crippen LogP contribution is -2.61. The van der Waals surface area contributed by atoms with Gasteiger partial charge in [0.15, 0.2) is 0 Å². The number of hydrogen-bond donors (Lipinski definition) is 9. The van der Waals surface area contributed by atoms with E-state index in [2.05, 4.69) is 37.2 Å².